The van der Waals surface area contributed by atoms with Gasteiger partial charge in [-0.3, -0.25) is 0 Å². The second kappa shape index (κ2) is 5.15. The second-order valence-corrected chi connectivity index (χ2v) is 3.73. The van der Waals surface area contributed by atoms with Gasteiger partial charge in [-0.15, -0.1) is 0 Å². The van der Waals surface area contributed by atoms with E-state index < -0.39 is 0 Å². The van der Waals surface area contributed by atoms with Gasteiger partial charge in [-0.2, -0.15) is 0 Å². The molecule has 0 aromatic heterocycles. The van der Waals surface area contributed by atoms with E-state index in [0.717, 1.165) is 19.3 Å². The van der Waals surface area contributed by atoms with Gasteiger partial charge in [0.1, 0.15) is 0 Å². The zero-order valence-corrected chi connectivity index (χ0v) is 8.66. The van der Waals surface area contributed by atoms with Gasteiger partial charge < -0.3 is 9.84 Å². The van der Waals surface area contributed by atoms with Crippen LogP contribution in [0.15, 0.2) is 12.2 Å². The summed E-state index contributed by atoms with van der Waals surface area (Å²) in [5, 5.41) is 9.10. The average Bonchev–Trinajstić information content (AvgIpc) is 2.64. The Kier molecular flexibility index (Phi) is 4.14. The smallest absolute Gasteiger partial charge is 0.333 e. The molecule has 0 aromatic carbocycles. The Labute approximate surface area is 84.8 Å². The fourth-order valence-corrected chi connectivity index (χ4v) is 2.09. The van der Waals surface area contributed by atoms with Crippen LogP contribution in [0.2, 0.25) is 0 Å². The van der Waals surface area contributed by atoms with Crippen molar-refractivity contribution in [3.05, 3.63) is 12.2 Å². The topological polar surface area (TPSA) is 46.5 Å². The van der Waals surface area contributed by atoms with Gasteiger partial charge in [0.15, 0.2) is 0 Å². The molecule has 1 fully saturated rings. The number of ether oxygens (including phenoxy) is 1. The summed E-state index contributed by atoms with van der Waals surface area (Å²) in [7, 11) is 0. The molecule has 0 aliphatic heterocycles. The lowest BCUT2D eigenvalue weighted by Gasteiger charge is -2.18. The minimum atomic E-state index is -0.308. The van der Waals surface area contributed by atoms with E-state index in [0.29, 0.717) is 12.2 Å². The molecule has 14 heavy (non-hydrogen) atoms. The second-order valence-electron chi connectivity index (χ2n) is 3.73. The third kappa shape index (κ3) is 2.35. The SMILES string of the molecule is C=C(C(=O)OCC)[C@H]1CCC[C@H]1CO. The van der Waals surface area contributed by atoms with Gasteiger partial charge in [0.25, 0.3) is 0 Å². The highest BCUT2D eigenvalue weighted by molar-refractivity contribution is 5.88. The van der Waals surface area contributed by atoms with Crippen molar-refractivity contribution >= 4 is 5.97 Å². The number of aliphatic hydroxyl groups is 1. The van der Waals surface area contributed by atoms with E-state index >= 15 is 0 Å². The molecule has 1 rings (SSSR count). The summed E-state index contributed by atoms with van der Waals surface area (Å²) in [5.41, 5.74) is 0.531. The lowest BCUT2D eigenvalue weighted by atomic mass is 9.90. The maximum Gasteiger partial charge on any atom is 0.333 e. The third-order valence-electron chi connectivity index (χ3n) is 2.88. The monoisotopic (exact) mass is 198 g/mol. The van der Waals surface area contributed by atoms with Crippen LogP contribution in [-0.4, -0.2) is 24.3 Å². The Balaban J connectivity index is 2.55. The summed E-state index contributed by atoms with van der Waals surface area (Å²) in [4.78, 5) is 11.4. The maximum atomic E-state index is 11.4. The normalized spacial score (nSPS) is 26.1. The maximum absolute atomic E-state index is 11.4. The van der Waals surface area contributed by atoms with Gasteiger partial charge in [-0.25, -0.2) is 4.79 Å². The molecule has 80 valence electrons. The standard InChI is InChI=1S/C11H18O3/c1-3-14-11(13)8(2)10-6-4-5-9(10)7-12/h9-10,12H,2-7H2,1H3/t9-,10+/m0/s1. The zero-order valence-electron chi connectivity index (χ0n) is 8.66. The van der Waals surface area contributed by atoms with E-state index in [1.165, 1.54) is 0 Å². The summed E-state index contributed by atoms with van der Waals surface area (Å²) in [6.07, 6.45) is 3.00. The van der Waals surface area contributed by atoms with E-state index in [9.17, 15) is 4.79 Å². The minimum absolute atomic E-state index is 0.124. The molecule has 1 N–H and O–H groups in total. The molecular formula is C11H18O3. The first kappa shape index (κ1) is 11.2. The first-order chi connectivity index (χ1) is 6.70. The number of carbonyl (C=O) groups excluding carboxylic acids is 1. The fourth-order valence-electron chi connectivity index (χ4n) is 2.09. The highest BCUT2D eigenvalue weighted by Gasteiger charge is 2.31. The molecule has 0 amide bonds. The van der Waals surface area contributed by atoms with E-state index in [1.54, 1.807) is 6.92 Å². The van der Waals surface area contributed by atoms with Crippen LogP contribution in [0, 0.1) is 11.8 Å². The number of hydrogen-bond acceptors (Lipinski definition) is 3. The van der Waals surface area contributed by atoms with Gasteiger partial charge in [0.05, 0.1) is 6.61 Å². The van der Waals surface area contributed by atoms with Crippen LogP contribution >= 0.6 is 0 Å². The number of carbonyl (C=O) groups is 1. The molecule has 0 saturated heterocycles. The summed E-state index contributed by atoms with van der Waals surface area (Å²) >= 11 is 0. The van der Waals surface area contributed by atoms with Crippen LogP contribution in [0.4, 0.5) is 0 Å². The number of esters is 1. The molecule has 3 heteroatoms. The Morgan fingerprint density at radius 2 is 2.29 bits per heavy atom. The van der Waals surface area contributed by atoms with E-state index in [-0.39, 0.29) is 24.4 Å². The summed E-state index contributed by atoms with van der Waals surface area (Å²) < 4.78 is 4.89. The molecule has 0 spiro atoms. The zero-order chi connectivity index (χ0) is 10.6. The van der Waals surface area contributed by atoms with Gasteiger partial charge in [0.2, 0.25) is 0 Å². The lowest BCUT2D eigenvalue weighted by Crippen LogP contribution is -2.20. The molecule has 0 bridgehead atoms. The first-order valence-electron chi connectivity index (χ1n) is 5.17. The number of hydrogen-bond donors (Lipinski definition) is 1. The number of rotatable bonds is 4. The van der Waals surface area contributed by atoms with Crippen molar-refractivity contribution in [3.8, 4) is 0 Å². The molecule has 3 nitrogen and oxygen atoms in total. The van der Waals surface area contributed by atoms with Crippen molar-refractivity contribution in [2.75, 3.05) is 13.2 Å². The average molecular weight is 198 g/mol. The van der Waals surface area contributed by atoms with Gasteiger partial charge >= 0.3 is 5.97 Å². The van der Waals surface area contributed by atoms with Gasteiger partial charge in [-0.1, -0.05) is 13.0 Å². The molecule has 0 aromatic rings. The molecule has 0 radical (unpaired) electrons. The van der Waals surface area contributed by atoms with Crippen molar-refractivity contribution in [1.29, 1.82) is 0 Å². The summed E-state index contributed by atoms with van der Waals surface area (Å²) in [6.45, 7) is 6.07. The molecule has 0 unspecified atom stereocenters. The molecular weight excluding hydrogens is 180 g/mol. The highest BCUT2D eigenvalue weighted by atomic mass is 16.5. The van der Waals surface area contributed by atoms with Crippen molar-refractivity contribution < 1.29 is 14.6 Å². The van der Waals surface area contributed by atoms with Crippen LogP contribution in [0.3, 0.4) is 0 Å². The summed E-state index contributed by atoms with van der Waals surface area (Å²) in [5.74, 6) is 0.0174. The van der Waals surface area contributed by atoms with E-state index in [2.05, 4.69) is 6.58 Å². The van der Waals surface area contributed by atoms with Crippen LogP contribution in [0.25, 0.3) is 0 Å². The van der Waals surface area contributed by atoms with Crippen molar-refractivity contribution in [1.82, 2.24) is 0 Å². The van der Waals surface area contributed by atoms with Crippen molar-refractivity contribution in [2.45, 2.75) is 26.2 Å². The lowest BCUT2D eigenvalue weighted by molar-refractivity contribution is -0.139. The molecule has 1 saturated carbocycles. The molecule has 1 aliphatic rings. The molecule has 1 aliphatic carbocycles. The van der Waals surface area contributed by atoms with Crippen LogP contribution in [-0.2, 0) is 9.53 Å². The largest absolute Gasteiger partial charge is 0.463 e. The molecule has 0 heterocycles. The Morgan fingerprint density at radius 1 is 1.57 bits per heavy atom. The van der Waals surface area contributed by atoms with Crippen LogP contribution in [0.5, 0.6) is 0 Å². The van der Waals surface area contributed by atoms with Crippen LogP contribution < -0.4 is 0 Å². The van der Waals surface area contributed by atoms with Crippen LogP contribution in [0.1, 0.15) is 26.2 Å². The van der Waals surface area contributed by atoms with Crippen molar-refractivity contribution in [2.24, 2.45) is 11.8 Å². The third-order valence-corrected chi connectivity index (χ3v) is 2.88. The molecule has 2 atom stereocenters. The predicted octanol–water partition coefficient (Wildman–Crippen LogP) is 1.51. The highest BCUT2D eigenvalue weighted by Crippen LogP contribution is 2.36. The van der Waals surface area contributed by atoms with Crippen molar-refractivity contribution in [3.63, 3.8) is 0 Å². The fraction of sp³-hybridized carbons (Fsp3) is 0.727. The minimum Gasteiger partial charge on any atom is -0.463 e. The Hall–Kier alpha value is -0.830. The Bertz CT molecular complexity index is 223. The van der Waals surface area contributed by atoms with E-state index in [1.807, 2.05) is 0 Å². The Morgan fingerprint density at radius 3 is 2.86 bits per heavy atom. The van der Waals surface area contributed by atoms with Gasteiger partial charge in [0, 0.05) is 12.2 Å². The predicted molar refractivity (Wildman–Crippen MR) is 53.7 cm³/mol. The summed E-state index contributed by atoms with van der Waals surface area (Å²) in [6, 6.07) is 0. The first-order valence-corrected chi connectivity index (χ1v) is 5.17. The van der Waals surface area contributed by atoms with Gasteiger partial charge in [-0.05, 0) is 31.6 Å². The quantitative estimate of drug-likeness (QED) is 0.550. The van der Waals surface area contributed by atoms with E-state index in [4.69, 9.17) is 9.84 Å². The number of aliphatic hydroxyl groups excluding tert-OH is 1.